The Bertz CT molecular complexity index is 1450. The number of aliphatic hydroxyl groups is 8. The Kier molecular flexibility index (Phi) is 13.3. The van der Waals surface area contributed by atoms with Gasteiger partial charge in [0.05, 0.1) is 38.6 Å². The van der Waals surface area contributed by atoms with E-state index >= 15 is 0 Å². The molecule has 59 heavy (non-hydrogen) atoms. The molecule has 4 aliphatic carbocycles. The van der Waals surface area contributed by atoms with Gasteiger partial charge in [-0.3, -0.25) is 0 Å². The molecule has 4 saturated heterocycles. The van der Waals surface area contributed by atoms with Crippen molar-refractivity contribution in [3.63, 3.8) is 0 Å². The van der Waals surface area contributed by atoms with Gasteiger partial charge in [0.25, 0.3) is 0 Å². The van der Waals surface area contributed by atoms with Gasteiger partial charge in [0, 0.05) is 31.5 Å². The van der Waals surface area contributed by atoms with Crippen molar-refractivity contribution in [1.29, 1.82) is 0 Å². The maximum atomic E-state index is 11.0. The van der Waals surface area contributed by atoms with Crippen molar-refractivity contribution in [3.05, 3.63) is 11.6 Å². The average Bonchev–Trinajstić information content (AvgIpc) is 3.68. The normalized spacial score (nSPS) is 52.6. The average molecular weight is 841 g/mol. The molecule has 1 spiro atoms. The van der Waals surface area contributed by atoms with Crippen molar-refractivity contribution in [2.24, 2.45) is 52.3 Å². The van der Waals surface area contributed by atoms with Crippen molar-refractivity contribution in [2.45, 2.75) is 171 Å². The summed E-state index contributed by atoms with van der Waals surface area (Å²) < 4.78 is 42.5. The Morgan fingerprint density at radius 1 is 0.814 bits per heavy atom. The van der Waals surface area contributed by atoms with Crippen LogP contribution in [-0.4, -0.2) is 160 Å². The summed E-state index contributed by atoms with van der Waals surface area (Å²) in [7, 11) is 0. The van der Waals surface area contributed by atoms with Gasteiger partial charge in [0.2, 0.25) is 0 Å². The van der Waals surface area contributed by atoms with Crippen molar-refractivity contribution in [2.75, 3.05) is 39.6 Å². The minimum atomic E-state index is -1.75. The first-order valence-corrected chi connectivity index (χ1v) is 22.6. The molecule has 8 rings (SSSR count). The van der Waals surface area contributed by atoms with Crippen LogP contribution in [0.3, 0.4) is 0 Å². The molecular weight excluding hydrogens is 768 g/mol. The Morgan fingerprint density at radius 2 is 1.56 bits per heavy atom. The molecule has 4 aliphatic heterocycles. The summed E-state index contributed by atoms with van der Waals surface area (Å²) in [4.78, 5) is 0. The van der Waals surface area contributed by atoms with Gasteiger partial charge in [-0.1, -0.05) is 39.3 Å². The first-order chi connectivity index (χ1) is 28.2. The Hall–Kier alpha value is -0.860. The molecule has 0 radical (unpaired) electrons. The zero-order valence-electron chi connectivity index (χ0n) is 35.3. The highest BCUT2D eigenvalue weighted by atomic mass is 16.7. The first-order valence-electron chi connectivity index (χ1n) is 22.6. The summed E-state index contributed by atoms with van der Waals surface area (Å²) >= 11 is 0. The van der Waals surface area contributed by atoms with Crippen LogP contribution in [0.2, 0.25) is 0 Å². The molecule has 0 amide bonds. The molecular formula is C44H72O15. The number of hydrogen-bond donors (Lipinski definition) is 8. The predicted octanol–water partition coefficient (Wildman–Crippen LogP) is 1.38. The third-order valence-corrected chi connectivity index (χ3v) is 16.9. The van der Waals surface area contributed by atoms with E-state index in [2.05, 4.69) is 33.8 Å². The zero-order valence-corrected chi connectivity index (χ0v) is 35.3. The van der Waals surface area contributed by atoms with Gasteiger partial charge >= 0.3 is 0 Å². The molecule has 7 fully saturated rings. The number of rotatable bonds is 12. The minimum Gasteiger partial charge on any atom is -0.396 e. The standard InChI is InChI=1S/C44H72O15/c1-22-7-13-44(55-20-22)23(2)33-30(59-44)16-29-27-6-5-25-15-26(8-11-42(25,3)28(27)9-12-43(29,33)4)53-14-10-24(17-45)21-54-40-38(52)36(50)39(32(19-47)57-40)58-41-37(51)35(49)34(48)31(18-46)56-41/h5,22-24,26-41,45-52H,6-21H2,1-4H3/t22-,23+,24-,26+,27-,28+,29+,30+,31-,32-,33+,34-,35+,36-,37-,38-,39-,40-,41-,42+,43+,44-/m1/s1. The lowest BCUT2D eigenvalue weighted by molar-refractivity contribution is -0.360. The summed E-state index contributed by atoms with van der Waals surface area (Å²) in [5.41, 5.74) is 2.00. The van der Waals surface area contributed by atoms with E-state index < -0.39 is 74.6 Å². The van der Waals surface area contributed by atoms with E-state index in [0.29, 0.717) is 54.6 Å². The van der Waals surface area contributed by atoms with Crippen LogP contribution in [-0.2, 0) is 33.2 Å². The third kappa shape index (κ3) is 7.92. The molecule has 0 bridgehead atoms. The zero-order chi connectivity index (χ0) is 42.0. The van der Waals surface area contributed by atoms with E-state index in [4.69, 9.17) is 33.2 Å². The summed E-state index contributed by atoms with van der Waals surface area (Å²) in [6.45, 7) is 9.47. The van der Waals surface area contributed by atoms with E-state index in [9.17, 15) is 40.9 Å². The van der Waals surface area contributed by atoms with Crippen LogP contribution in [0.5, 0.6) is 0 Å². The molecule has 4 heterocycles. The highest BCUT2D eigenvalue weighted by Gasteiger charge is 2.68. The third-order valence-electron chi connectivity index (χ3n) is 16.9. The number of aliphatic hydroxyl groups excluding tert-OH is 8. The van der Waals surface area contributed by atoms with E-state index in [1.54, 1.807) is 5.57 Å². The Labute approximate surface area is 348 Å². The molecule has 22 atom stereocenters. The van der Waals surface area contributed by atoms with E-state index in [1.165, 1.54) is 19.3 Å². The topological polar surface area (TPSA) is 226 Å². The second-order valence-electron chi connectivity index (χ2n) is 20.2. The molecule has 0 aromatic rings. The number of ether oxygens (including phenoxy) is 7. The summed E-state index contributed by atoms with van der Waals surface area (Å²) in [6, 6.07) is 0. The lowest BCUT2D eigenvalue weighted by atomic mass is 9.47. The van der Waals surface area contributed by atoms with Crippen LogP contribution in [0.15, 0.2) is 11.6 Å². The molecule has 338 valence electrons. The maximum absolute atomic E-state index is 11.0. The molecule has 3 saturated carbocycles. The highest BCUT2D eigenvalue weighted by Crippen LogP contribution is 2.70. The second-order valence-corrected chi connectivity index (χ2v) is 20.2. The quantitative estimate of drug-likeness (QED) is 0.130. The van der Waals surface area contributed by atoms with Crippen LogP contribution < -0.4 is 0 Å². The largest absolute Gasteiger partial charge is 0.396 e. The van der Waals surface area contributed by atoms with Gasteiger partial charge in [0.15, 0.2) is 18.4 Å². The number of hydrogen-bond acceptors (Lipinski definition) is 15. The Morgan fingerprint density at radius 3 is 2.27 bits per heavy atom. The fourth-order valence-corrected chi connectivity index (χ4v) is 13.3. The molecule has 0 aromatic heterocycles. The van der Waals surface area contributed by atoms with Gasteiger partial charge in [-0.2, -0.15) is 0 Å². The fourth-order valence-electron chi connectivity index (χ4n) is 13.3. The van der Waals surface area contributed by atoms with Crippen LogP contribution in [0.25, 0.3) is 0 Å². The lowest BCUT2D eigenvalue weighted by Crippen LogP contribution is -2.64. The van der Waals surface area contributed by atoms with Gasteiger partial charge in [-0.25, -0.2) is 0 Å². The summed E-state index contributed by atoms with van der Waals surface area (Å²) in [5, 5.41) is 82.2. The monoisotopic (exact) mass is 840 g/mol. The smallest absolute Gasteiger partial charge is 0.187 e. The van der Waals surface area contributed by atoms with Crippen molar-refractivity contribution in [3.8, 4) is 0 Å². The summed E-state index contributed by atoms with van der Waals surface area (Å²) in [5.74, 6) is 2.87. The van der Waals surface area contributed by atoms with Crippen molar-refractivity contribution >= 4 is 0 Å². The molecule has 0 aromatic carbocycles. The van der Waals surface area contributed by atoms with Crippen LogP contribution in [0.1, 0.15) is 91.9 Å². The van der Waals surface area contributed by atoms with Crippen LogP contribution >= 0.6 is 0 Å². The van der Waals surface area contributed by atoms with Gasteiger partial charge < -0.3 is 74.0 Å². The molecule has 8 N–H and O–H groups in total. The Balaban J connectivity index is 0.808. The van der Waals surface area contributed by atoms with Gasteiger partial charge in [0.1, 0.15) is 48.8 Å². The fraction of sp³-hybridized carbons (Fsp3) is 0.955. The molecule has 15 heteroatoms. The van der Waals surface area contributed by atoms with Crippen LogP contribution in [0.4, 0.5) is 0 Å². The first kappa shape index (κ1) is 44.7. The second kappa shape index (κ2) is 17.6. The van der Waals surface area contributed by atoms with E-state index in [0.717, 1.165) is 45.1 Å². The molecule has 8 aliphatic rings. The SMILES string of the molecule is C[C@@H]1CC[C@@]2(OC1)O[C@H]1C[C@H]3[C@@H]4CC=C5C[C@@H](OCC[C@H](CO)CO[C@@H]6O[C@H](CO)[C@@H](O[C@H]7O[C@H](CO)[C@@H](O)[C@H](O)[C@H]7O)[C@H](O)[C@H]6O)CC[C@]5(C)[C@H]4CC[C@]3(C)[C@H]1[C@@H]2C. The minimum absolute atomic E-state index is 0.0134. The van der Waals surface area contributed by atoms with Gasteiger partial charge in [-0.15, -0.1) is 0 Å². The molecule has 15 nitrogen and oxygen atoms in total. The molecule has 0 unspecified atom stereocenters. The summed E-state index contributed by atoms with van der Waals surface area (Å²) in [6.07, 6.45) is -1.82. The van der Waals surface area contributed by atoms with Crippen LogP contribution in [0, 0.1) is 52.3 Å². The van der Waals surface area contributed by atoms with Crippen molar-refractivity contribution in [1.82, 2.24) is 0 Å². The van der Waals surface area contributed by atoms with Gasteiger partial charge in [-0.05, 0) is 98.2 Å². The predicted molar refractivity (Wildman–Crippen MR) is 209 cm³/mol. The van der Waals surface area contributed by atoms with Crippen molar-refractivity contribution < 1.29 is 74.0 Å². The van der Waals surface area contributed by atoms with E-state index in [-0.39, 0.29) is 41.9 Å². The maximum Gasteiger partial charge on any atom is 0.187 e. The number of allylic oxidation sites excluding steroid dienone is 1. The van der Waals surface area contributed by atoms with E-state index in [1.807, 2.05) is 0 Å². The number of fused-ring (bicyclic) bond motifs is 7. The lowest BCUT2D eigenvalue weighted by Gasteiger charge is -2.58. The highest BCUT2D eigenvalue weighted by molar-refractivity contribution is 5.26.